The van der Waals surface area contributed by atoms with Gasteiger partial charge in [-0.15, -0.1) is 0 Å². The molecule has 3 rings (SSSR count). The first-order valence-electron chi connectivity index (χ1n) is 10.9. The van der Waals surface area contributed by atoms with Gasteiger partial charge in [-0.2, -0.15) is 0 Å². The van der Waals surface area contributed by atoms with Gasteiger partial charge in [-0.3, -0.25) is 4.98 Å². The van der Waals surface area contributed by atoms with Crippen LogP contribution in [0.2, 0.25) is 5.04 Å². The summed E-state index contributed by atoms with van der Waals surface area (Å²) < 4.78 is 7.23. The summed E-state index contributed by atoms with van der Waals surface area (Å²) in [6.45, 7) is 8.95. The quantitative estimate of drug-likeness (QED) is 0.520. The highest BCUT2D eigenvalue weighted by Crippen LogP contribution is 2.38. The van der Waals surface area contributed by atoms with E-state index in [-0.39, 0.29) is 17.7 Å². The zero-order valence-electron chi connectivity index (χ0n) is 19.0. The van der Waals surface area contributed by atoms with Crippen molar-refractivity contribution < 1.29 is 9.53 Å². The molecule has 2 aromatic carbocycles. The smallest absolute Gasteiger partial charge is 0.261 e. The molecule has 4 heteroatoms. The van der Waals surface area contributed by atoms with Gasteiger partial charge < -0.3 is 9.53 Å². The summed E-state index contributed by atoms with van der Waals surface area (Å²) in [4.78, 5) is 4.44. The highest BCUT2D eigenvalue weighted by Gasteiger charge is 2.51. The van der Waals surface area contributed by atoms with Crippen LogP contribution in [0.15, 0.2) is 90.6 Å². The predicted molar refractivity (Wildman–Crippen MR) is 132 cm³/mol. The van der Waals surface area contributed by atoms with Gasteiger partial charge in [-0.25, -0.2) is 0 Å². The third-order valence-corrected chi connectivity index (χ3v) is 10.7. The third kappa shape index (κ3) is 5.21. The zero-order chi connectivity index (χ0) is 22.3. The number of hydrogen-bond donors (Lipinski definition) is 1. The van der Waals surface area contributed by atoms with Gasteiger partial charge in [0.25, 0.3) is 8.32 Å². The van der Waals surface area contributed by atoms with E-state index in [0.717, 1.165) is 11.3 Å². The van der Waals surface area contributed by atoms with Crippen molar-refractivity contribution in [2.45, 2.75) is 45.3 Å². The van der Waals surface area contributed by atoms with Crippen LogP contribution < -0.4 is 10.4 Å². The van der Waals surface area contributed by atoms with Crippen LogP contribution in [-0.2, 0) is 4.43 Å². The first-order chi connectivity index (χ1) is 14.9. The molecule has 0 aliphatic heterocycles. The summed E-state index contributed by atoms with van der Waals surface area (Å²) >= 11 is 0. The zero-order valence-corrected chi connectivity index (χ0v) is 20.0. The molecule has 0 aliphatic rings. The summed E-state index contributed by atoms with van der Waals surface area (Å²) in [5, 5.41) is 12.2. The Morgan fingerprint density at radius 2 is 1.48 bits per heavy atom. The minimum atomic E-state index is -2.70. The molecule has 3 aromatic rings. The average Bonchev–Trinajstić information content (AvgIpc) is 2.77. The Hall–Kier alpha value is -2.53. The highest BCUT2D eigenvalue weighted by atomic mass is 28.4. The van der Waals surface area contributed by atoms with E-state index in [4.69, 9.17) is 4.43 Å². The van der Waals surface area contributed by atoms with Crippen molar-refractivity contribution >= 4 is 24.8 Å². The summed E-state index contributed by atoms with van der Waals surface area (Å²) in [6, 6.07) is 27.1. The van der Waals surface area contributed by atoms with Gasteiger partial charge in [0.05, 0.1) is 11.8 Å². The molecule has 1 N–H and O–H groups in total. The fraction of sp³-hybridized carbons (Fsp3) is 0.296. The van der Waals surface area contributed by atoms with E-state index in [0.29, 0.717) is 6.42 Å². The van der Waals surface area contributed by atoms with Crippen LogP contribution in [-0.4, -0.2) is 31.1 Å². The molecule has 1 atom stereocenters. The lowest BCUT2D eigenvalue weighted by molar-refractivity contribution is 0.171. The maximum absolute atomic E-state index is 9.89. The molecule has 0 amide bonds. The van der Waals surface area contributed by atoms with Crippen molar-refractivity contribution in [3.8, 4) is 0 Å². The Balaban J connectivity index is 2.15. The summed E-state index contributed by atoms with van der Waals surface area (Å²) in [5.74, 6) is 0. The second kappa shape index (κ2) is 10.2. The Morgan fingerprint density at radius 3 is 1.94 bits per heavy atom. The van der Waals surface area contributed by atoms with E-state index < -0.39 is 8.32 Å². The summed E-state index contributed by atoms with van der Waals surface area (Å²) in [6.07, 6.45) is 4.19. The van der Waals surface area contributed by atoms with Gasteiger partial charge in [-0.05, 0) is 52.5 Å². The van der Waals surface area contributed by atoms with Crippen LogP contribution in [0.25, 0.3) is 6.08 Å². The van der Waals surface area contributed by atoms with Crippen molar-refractivity contribution in [2.24, 2.45) is 0 Å². The first kappa shape index (κ1) is 23.1. The van der Waals surface area contributed by atoms with Crippen LogP contribution >= 0.6 is 0 Å². The van der Waals surface area contributed by atoms with E-state index >= 15 is 0 Å². The van der Waals surface area contributed by atoms with Crippen molar-refractivity contribution in [1.29, 1.82) is 0 Å². The number of pyridine rings is 1. The summed E-state index contributed by atoms with van der Waals surface area (Å²) in [5.41, 5.74) is 1.97. The Kier molecular flexibility index (Phi) is 7.60. The molecule has 162 valence electrons. The van der Waals surface area contributed by atoms with Gasteiger partial charge in [-0.1, -0.05) is 87.5 Å². The molecule has 1 aromatic heterocycles. The molecular weight excluding hydrogens is 398 g/mol. The molecule has 0 saturated heterocycles. The molecule has 31 heavy (non-hydrogen) atoms. The minimum absolute atomic E-state index is 0.0657. The van der Waals surface area contributed by atoms with Gasteiger partial charge in [0, 0.05) is 12.8 Å². The van der Waals surface area contributed by atoms with Gasteiger partial charge >= 0.3 is 0 Å². The molecule has 0 saturated carbocycles. The topological polar surface area (TPSA) is 42.4 Å². The fourth-order valence-corrected chi connectivity index (χ4v) is 8.93. The molecule has 0 radical (unpaired) electrons. The summed E-state index contributed by atoms with van der Waals surface area (Å²) in [7, 11) is -2.70. The standard InChI is InChI=1S/C27H33NO2Si/c1-22(21-23-13-11-12-19-28-23)26(18-20-29)30-31(27(2,3)4,24-14-7-5-8-15-24)25-16-9-6-10-17-25/h5-17,19,21,26,29H,18,20H2,1-4H3/t26-/m0/s1. The van der Waals surface area contributed by atoms with E-state index in [1.54, 1.807) is 6.20 Å². The van der Waals surface area contributed by atoms with Crippen molar-refractivity contribution in [1.82, 2.24) is 4.98 Å². The van der Waals surface area contributed by atoms with Gasteiger partial charge in [0.1, 0.15) is 0 Å². The largest absolute Gasteiger partial charge is 0.401 e. The predicted octanol–water partition coefficient (Wildman–Crippen LogP) is 4.81. The van der Waals surface area contributed by atoms with E-state index in [1.165, 1.54) is 10.4 Å². The highest BCUT2D eigenvalue weighted by molar-refractivity contribution is 6.99. The minimum Gasteiger partial charge on any atom is -0.401 e. The molecule has 0 fully saturated rings. The number of hydrogen-bond acceptors (Lipinski definition) is 3. The number of benzene rings is 2. The molecule has 0 bridgehead atoms. The Bertz CT molecular complexity index is 927. The average molecular weight is 432 g/mol. The lowest BCUT2D eigenvalue weighted by Gasteiger charge is -2.45. The van der Waals surface area contributed by atoms with E-state index in [9.17, 15) is 5.11 Å². The van der Waals surface area contributed by atoms with Crippen molar-refractivity contribution in [3.63, 3.8) is 0 Å². The second-order valence-electron chi connectivity index (χ2n) is 8.92. The number of aromatic nitrogens is 1. The monoisotopic (exact) mass is 431 g/mol. The number of aliphatic hydroxyl groups excluding tert-OH is 1. The Labute approximate surface area is 187 Å². The molecule has 0 aliphatic carbocycles. The van der Waals surface area contributed by atoms with E-state index in [2.05, 4.69) is 87.3 Å². The SMILES string of the molecule is CC(=Cc1ccccn1)[C@H](CCO)O[Si](c1ccccc1)(c1ccccc1)C(C)(C)C. The first-order valence-corrected chi connectivity index (χ1v) is 12.8. The molecule has 1 heterocycles. The maximum Gasteiger partial charge on any atom is 0.261 e. The number of nitrogens with zero attached hydrogens (tertiary/aromatic N) is 1. The van der Waals surface area contributed by atoms with Crippen LogP contribution in [0.5, 0.6) is 0 Å². The molecule has 0 spiro atoms. The molecule has 3 nitrogen and oxygen atoms in total. The Morgan fingerprint density at radius 1 is 0.935 bits per heavy atom. The van der Waals surface area contributed by atoms with Crippen molar-refractivity contribution in [2.75, 3.05) is 6.61 Å². The van der Waals surface area contributed by atoms with Crippen LogP contribution in [0.4, 0.5) is 0 Å². The fourth-order valence-electron chi connectivity index (χ4n) is 4.19. The molecular formula is C27H33NO2Si. The lowest BCUT2D eigenvalue weighted by atomic mass is 10.1. The maximum atomic E-state index is 9.89. The second-order valence-corrected chi connectivity index (χ2v) is 13.2. The van der Waals surface area contributed by atoms with Crippen LogP contribution in [0, 0.1) is 0 Å². The normalized spacial score (nSPS) is 13.8. The number of aliphatic hydroxyl groups is 1. The van der Waals surface area contributed by atoms with Crippen LogP contribution in [0.1, 0.15) is 39.8 Å². The lowest BCUT2D eigenvalue weighted by Crippen LogP contribution is -2.67. The van der Waals surface area contributed by atoms with Crippen molar-refractivity contribution in [3.05, 3.63) is 96.3 Å². The number of rotatable bonds is 8. The van der Waals surface area contributed by atoms with E-state index in [1.807, 2.05) is 30.3 Å². The van der Waals surface area contributed by atoms with Crippen LogP contribution in [0.3, 0.4) is 0 Å². The van der Waals surface area contributed by atoms with Gasteiger partial charge in [0.2, 0.25) is 0 Å². The third-order valence-electron chi connectivity index (χ3n) is 5.70. The molecule has 0 unspecified atom stereocenters. The van der Waals surface area contributed by atoms with Gasteiger partial charge in [0.15, 0.2) is 0 Å².